The standard InChI is InChI=1S/C27H29F2N6O8P/c1-15(23(37)40-16-9-11-25(28,29)12-10-16)34-44(39,42-17-5-3-2-4-6-17)43-24-26(13-30)27(24,38)21(36)20(41-26)18-7-8-19-22(31)32-14-33-35(18)19/h2-8,14-16,20-21,24,36,38H,9-12H2,1H3,(H,34,39)(H2,31,32,33)/t15-,20-,21-,24?,26+,27+,44+/m0/s1. The fourth-order valence-electron chi connectivity index (χ4n) is 5.71. The highest BCUT2D eigenvalue weighted by atomic mass is 31.2. The molecule has 1 saturated heterocycles. The van der Waals surface area contributed by atoms with Gasteiger partial charge in [-0.15, -0.1) is 0 Å². The third-order valence-corrected chi connectivity index (χ3v) is 9.81. The number of hydrogen-bond donors (Lipinski definition) is 4. The van der Waals surface area contributed by atoms with Crippen molar-refractivity contribution in [1.29, 1.82) is 5.26 Å². The van der Waals surface area contributed by atoms with Crippen LogP contribution in [-0.2, 0) is 23.4 Å². The van der Waals surface area contributed by atoms with Crippen LogP contribution in [0, 0.1) is 11.3 Å². The summed E-state index contributed by atoms with van der Waals surface area (Å²) in [5.41, 5.74) is 1.99. The number of para-hydroxylation sites is 1. The van der Waals surface area contributed by atoms with Gasteiger partial charge >= 0.3 is 13.7 Å². The summed E-state index contributed by atoms with van der Waals surface area (Å²) in [6.45, 7) is 1.30. The number of hydrogen-bond acceptors (Lipinski definition) is 12. The van der Waals surface area contributed by atoms with Crippen LogP contribution in [-0.4, -0.2) is 72.3 Å². The third kappa shape index (κ3) is 4.99. The van der Waals surface area contributed by atoms with Gasteiger partial charge in [-0.05, 0) is 44.0 Å². The van der Waals surface area contributed by atoms with Crippen LogP contribution in [0.5, 0.6) is 5.75 Å². The molecule has 234 valence electrons. The Morgan fingerprint density at radius 2 is 1.98 bits per heavy atom. The zero-order valence-electron chi connectivity index (χ0n) is 23.2. The van der Waals surface area contributed by atoms with Gasteiger partial charge in [-0.2, -0.15) is 15.4 Å². The average Bonchev–Trinajstić information content (AvgIpc) is 3.23. The lowest BCUT2D eigenvalue weighted by molar-refractivity contribution is -0.157. The molecule has 17 heteroatoms. The summed E-state index contributed by atoms with van der Waals surface area (Å²) < 4.78 is 65.1. The molecule has 2 saturated carbocycles. The van der Waals surface area contributed by atoms with Crippen molar-refractivity contribution in [2.45, 2.75) is 80.2 Å². The van der Waals surface area contributed by atoms with Gasteiger partial charge in [0.25, 0.3) is 0 Å². The number of benzene rings is 1. The van der Waals surface area contributed by atoms with E-state index < -0.39 is 74.1 Å². The van der Waals surface area contributed by atoms with Gasteiger partial charge in [-0.1, -0.05) is 18.2 Å². The molecule has 0 spiro atoms. The lowest BCUT2D eigenvalue weighted by Crippen LogP contribution is -2.40. The number of esters is 1. The molecule has 7 atom stereocenters. The fraction of sp³-hybridized carbons (Fsp3) is 0.481. The van der Waals surface area contributed by atoms with Crippen molar-refractivity contribution >= 4 is 25.1 Å². The summed E-state index contributed by atoms with van der Waals surface area (Å²) in [7, 11) is -4.64. The lowest BCUT2D eigenvalue weighted by Gasteiger charge is -2.29. The number of nitrogens with zero attached hydrogens (tertiary/aromatic N) is 4. The second-order valence-corrected chi connectivity index (χ2v) is 12.7. The van der Waals surface area contributed by atoms with Gasteiger partial charge in [0.05, 0.1) is 5.69 Å². The van der Waals surface area contributed by atoms with Crippen molar-refractivity contribution in [3.05, 3.63) is 54.5 Å². The molecule has 3 aromatic rings. The predicted molar refractivity (Wildman–Crippen MR) is 146 cm³/mol. The molecule has 0 amide bonds. The molecule has 0 bridgehead atoms. The Hall–Kier alpha value is -3.71. The molecule has 1 unspecified atom stereocenters. The Bertz CT molecular complexity index is 1660. The molecule has 0 radical (unpaired) electrons. The van der Waals surface area contributed by atoms with Crippen molar-refractivity contribution in [3.63, 3.8) is 0 Å². The number of anilines is 1. The summed E-state index contributed by atoms with van der Waals surface area (Å²) >= 11 is 0. The van der Waals surface area contributed by atoms with E-state index in [2.05, 4.69) is 15.2 Å². The molecule has 2 aromatic heterocycles. The maximum Gasteiger partial charge on any atom is 0.459 e. The first-order valence-electron chi connectivity index (χ1n) is 13.8. The molecule has 3 aliphatic rings. The molecule has 3 fully saturated rings. The molecule has 3 heterocycles. The van der Waals surface area contributed by atoms with E-state index in [0.717, 1.165) is 0 Å². The molecule has 1 aromatic carbocycles. The molecule has 14 nitrogen and oxygen atoms in total. The van der Waals surface area contributed by atoms with E-state index in [-0.39, 0.29) is 30.1 Å². The first-order valence-corrected chi connectivity index (χ1v) is 15.3. The Balaban J connectivity index is 1.22. The Morgan fingerprint density at radius 3 is 2.64 bits per heavy atom. The van der Waals surface area contributed by atoms with Crippen LogP contribution in [0.15, 0.2) is 48.8 Å². The van der Waals surface area contributed by atoms with Gasteiger partial charge in [-0.25, -0.2) is 22.8 Å². The highest BCUT2D eigenvalue weighted by Crippen LogP contribution is 2.68. The summed E-state index contributed by atoms with van der Waals surface area (Å²) in [5, 5.41) is 39.4. The van der Waals surface area contributed by atoms with Crippen molar-refractivity contribution in [1.82, 2.24) is 19.7 Å². The number of halogens is 2. The topological polar surface area (TPSA) is 204 Å². The summed E-state index contributed by atoms with van der Waals surface area (Å²) in [6.07, 6.45) is -5.21. The Kier molecular flexibility index (Phi) is 7.39. The summed E-state index contributed by atoms with van der Waals surface area (Å²) in [5.74, 6) is -3.51. The zero-order valence-corrected chi connectivity index (χ0v) is 24.1. The van der Waals surface area contributed by atoms with E-state index in [1.165, 1.54) is 36.0 Å². The van der Waals surface area contributed by atoms with Crippen LogP contribution in [0.4, 0.5) is 14.6 Å². The summed E-state index contributed by atoms with van der Waals surface area (Å²) in [4.78, 5) is 16.7. The zero-order chi connectivity index (χ0) is 31.5. The minimum absolute atomic E-state index is 0.0358. The first kappa shape index (κ1) is 30.3. The maximum absolute atomic E-state index is 14.1. The smallest absolute Gasteiger partial charge is 0.459 e. The quantitative estimate of drug-likeness (QED) is 0.198. The first-order chi connectivity index (χ1) is 20.8. The number of fused-ring (bicyclic) bond motifs is 2. The van der Waals surface area contributed by atoms with E-state index in [4.69, 9.17) is 24.3 Å². The molecule has 2 aliphatic carbocycles. The van der Waals surface area contributed by atoms with Gasteiger partial charge in [0, 0.05) is 12.8 Å². The van der Waals surface area contributed by atoms with Gasteiger partial charge < -0.3 is 29.9 Å². The largest absolute Gasteiger partial charge is 0.461 e. The monoisotopic (exact) mass is 634 g/mol. The summed E-state index contributed by atoms with van der Waals surface area (Å²) in [6, 6.07) is 11.4. The number of carbonyl (C=O) groups excluding carboxylic acids is 1. The average molecular weight is 635 g/mol. The van der Waals surface area contributed by atoms with E-state index in [1.54, 1.807) is 24.3 Å². The van der Waals surface area contributed by atoms with Crippen molar-refractivity contribution < 1.29 is 46.9 Å². The Labute approximate surface area is 249 Å². The number of nitrogens with two attached hydrogens (primary N) is 1. The molecule has 44 heavy (non-hydrogen) atoms. The van der Waals surface area contributed by atoms with E-state index in [0.29, 0.717) is 5.52 Å². The van der Waals surface area contributed by atoms with Crippen LogP contribution in [0.2, 0.25) is 0 Å². The van der Waals surface area contributed by atoms with Crippen molar-refractivity contribution in [2.75, 3.05) is 5.73 Å². The number of aromatic nitrogens is 3. The van der Waals surface area contributed by atoms with Crippen molar-refractivity contribution in [2.24, 2.45) is 0 Å². The molecule has 1 aliphatic heterocycles. The van der Waals surface area contributed by atoms with E-state index in [9.17, 15) is 33.6 Å². The number of alkyl halides is 2. The van der Waals surface area contributed by atoms with Crippen molar-refractivity contribution in [3.8, 4) is 11.8 Å². The minimum Gasteiger partial charge on any atom is -0.461 e. The molecular formula is C27H29F2N6O8P. The van der Waals surface area contributed by atoms with Gasteiger partial charge in [0.1, 0.15) is 48.0 Å². The van der Waals surface area contributed by atoms with Gasteiger partial charge in [0.2, 0.25) is 11.5 Å². The number of nitriles is 1. The lowest BCUT2D eigenvalue weighted by atomic mass is 9.94. The van der Waals surface area contributed by atoms with Crippen LogP contribution < -0.4 is 15.3 Å². The highest BCUT2D eigenvalue weighted by molar-refractivity contribution is 7.52. The number of ether oxygens (including phenoxy) is 2. The Morgan fingerprint density at radius 1 is 1.27 bits per heavy atom. The highest BCUT2D eigenvalue weighted by Gasteiger charge is 2.90. The van der Waals surface area contributed by atoms with E-state index in [1.807, 2.05) is 6.07 Å². The van der Waals surface area contributed by atoms with Crippen LogP contribution in [0.1, 0.15) is 44.4 Å². The maximum atomic E-state index is 14.1. The molecule has 5 N–H and O–H groups in total. The number of carbonyl (C=O) groups is 1. The van der Waals surface area contributed by atoms with Gasteiger partial charge in [0.15, 0.2) is 17.5 Å². The van der Waals surface area contributed by atoms with Crippen LogP contribution in [0.25, 0.3) is 5.52 Å². The number of nitrogen functional groups attached to an aromatic ring is 1. The molecular weight excluding hydrogens is 605 g/mol. The van der Waals surface area contributed by atoms with Crippen LogP contribution in [0.3, 0.4) is 0 Å². The van der Waals surface area contributed by atoms with Crippen LogP contribution >= 0.6 is 7.75 Å². The number of rotatable bonds is 9. The normalized spacial score (nSPS) is 31.4. The minimum atomic E-state index is -4.64. The number of aliphatic hydroxyl groups is 2. The SMILES string of the molecule is C[C@H](N[P@@](=O)(Oc1ccccc1)OC1[C@@]2(C#N)O[C@@H](c3ccc4c(N)ncnn34)[C@H](O)[C@@]12O)C(=O)OC1CCC(F)(F)CC1. The predicted octanol–water partition coefficient (Wildman–Crippen LogP) is 2.42. The third-order valence-electron chi connectivity index (χ3n) is 8.17. The fourth-order valence-corrected chi connectivity index (χ4v) is 7.44. The second kappa shape index (κ2) is 10.7. The van der Waals surface area contributed by atoms with Gasteiger partial charge in [-0.3, -0.25) is 9.32 Å². The molecule has 6 rings (SSSR count). The second-order valence-electron chi connectivity index (χ2n) is 11.1. The number of nitrogens with one attached hydrogen (secondary N) is 1. The number of aliphatic hydroxyl groups excluding tert-OH is 1. The van der Waals surface area contributed by atoms with E-state index >= 15 is 0 Å².